The number of halogens is 2. The van der Waals surface area contributed by atoms with Crippen LogP contribution in [-0.2, 0) is 4.74 Å². The molecule has 1 atom stereocenters. The number of ether oxygens (including phenoxy) is 1. The number of carbonyl (C=O) groups excluding carboxylic acids is 1. The number of hydrogen-bond acceptors (Lipinski definition) is 2. The zero-order valence-electron chi connectivity index (χ0n) is 7.80. The molecule has 15 heavy (non-hydrogen) atoms. The fourth-order valence-corrected chi connectivity index (χ4v) is 1.84. The molecule has 1 N–H and O–H groups in total. The lowest BCUT2D eigenvalue weighted by Gasteiger charge is -2.24. The van der Waals surface area contributed by atoms with E-state index < -0.39 is 6.09 Å². The zero-order chi connectivity index (χ0) is 10.8. The van der Waals surface area contributed by atoms with E-state index in [-0.39, 0.29) is 11.9 Å². The molecular formula is C10H9ClFNO2. The van der Waals surface area contributed by atoms with Gasteiger partial charge in [0.15, 0.2) is 0 Å². The van der Waals surface area contributed by atoms with Gasteiger partial charge in [0.2, 0.25) is 0 Å². The van der Waals surface area contributed by atoms with Crippen molar-refractivity contribution in [3.05, 3.63) is 34.6 Å². The minimum Gasteiger partial charge on any atom is -0.449 e. The summed E-state index contributed by atoms with van der Waals surface area (Å²) in [5.74, 6) is -0.387. The summed E-state index contributed by atoms with van der Waals surface area (Å²) in [7, 11) is 0. The number of alkyl carbamates (subject to hydrolysis) is 1. The number of nitrogens with one attached hydrogen (secondary N) is 1. The third kappa shape index (κ3) is 2.21. The van der Waals surface area contributed by atoms with E-state index in [0.717, 1.165) is 5.56 Å². The van der Waals surface area contributed by atoms with Crippen LogP contribution in [0.5, 0.6) is 0 Å². The van der Waals surface area contributed by atoms with Crippen molar-refractivity contribution in [2.75, 3.05) is 6.61 Å². The van der Waals surface area contributed by atoms with Gasteiger partial charge in [-0.2, -0.15) is 0 Å². The Labute approximate surface area is 91.2 Å². The highest BCUT2D eigenvalue weighted by Crippen LogP contribution is 2.27. The van der Waals surface area contributed by atoms with Gasteiger partial charge in [-0.1, -0.05) is 17.7 Å². The summed E-state index contributed by atoms with van der Waals surface area (Å²) in [6.45, 7) is 0.351. The number of carbonyl (C=O) groups is 1. The number of cyclic esters (lactones) is 1. The highest BCUT2D eigenvalue weighted by Gasteiger charge is 2.22. The van der Waals surface area contributed by atoms with Gasteiger partial charge in [0.25, 0.3) is 0 Å². The maximum absolute atomic E-state index is 12.8. The van der Waals surface area contributed by atoms with Crippen molar-refractivity contribution in [3.63, 3.8) is 0 Å². The average molecular weight is 230 g/mol. The van der Waals surface area contributed by atoms with Gasteiger partial charge in [-0.15, -0.1) is 0 Å². The van der Waals surface area contributed by atoms with Crippen LogP contribution in [0.1, 0.15) is 18.0 Å². The number of amides is 1. The SMILES string of the molecule is O=C1N[C@H](c2ccc(F)cc2Cl)CCO1. The summed E-state index contributed by atoms with van der Waals surface area (Å²) >= 11 is 5.88. The molecule has 1 amide bonds. The van der Waals surface area contributed by atoms with Crippen LogP contribution >= 0.6 is 11.6 Å². The lowest BCUT2D eigenvalue weighted by Crippen LogP contribution is -2.35. The van der Waals surface area contributed by atoms with Crippen LogP contribution in [0.3, 0.4) is 0 Å². The molecule has 1 aliphatic rings. The highest BCUT2D eigenvalue weighted by atomic mass is 35.5. The van der Waals surface area contributed by atoms with Crippen LogP contribution in [0.4, 0.5) is 9.18 Å². The number of rotatable bonds is 1. The predicted molar refractivity (Wildman–Crippen MR) is 53.3 cm³/mol. The Bertz CT molecular complexity index is 397. The summed E-state index contributed by atoms with van der Waals surface area (Å²) in [6.07, 6.45) is 0.170. The quantitative estimate of drug-likeness (QED) is 0.804. The summed E-state index contributed by atoms with van der Waals surface area (Å²) in [6, 6.07) is 3.94. The summed E-state index contributed by atoms with van der Waals surface area (Å²) in [5.41, 5.74) is 0.717. The molecule has 0 aliphatic carbocycles. The first-order valence-corrected chi connectivity index (χ1v) is 4.93. The molecule has 80 valence electrons. The summed E-state index contributed by atoms with van der Waals surface area (Å²) in [4.78, 5) is 11.0. The van der Waals surface area contributed by atoms with Gasteiger partial charge in [-0.3, -0.25) is 0 Å². The molecule has 0 radical (unpaired) electrons. The van der Waals surface area contributed by atoms with Crippen LogP contribution in [0.2, 0.25) is 5.02 Å². The van der Waals surface area contributed by atoms with Crippen molar-refractivity contribution in [3.8, 4) is 0 Å². The molecule has 1 saturated heterocycles. The van der Waals surface area contributed by atoms with E-state index in [9.17, 15) is 9.18 Å². The largest absolute Gasteiger partial charge is 0.449 e. The van der Waals surface area contributed by atoms with Gasteiger partial charge in [-0.25, -0.2) is 9.18 Å². The fourth-order valence-electron chi connectivity index (χ4n) is 1.54. The normalized spacial score (nSPS) is 20.7. The maximum Gasteiger partial charge on any atom is 0.407 e. The van der Waals surface area contributed by atoms with E-state index in [4.69, 9.17) is 16.3 Å². The Kier molecular flexibility index (Phi) is 2.77. The predicted octanol–water partition coefficient (Wildman–Crippen LogP) is 2.65. The molecule has 1 aliphatic heterocycles. The minimum absolute atomic E-state index is 0.195. The van der Waals surface area contributed by atoms with Crippen LogP contribution < -0.4 is 5.32 Å². The average Bonchev–Trinajstić information content (AvgIpc) is 2.17. The lowest BCUT2D eigenvalue weighted by atomic mass is 10.0. The first-order valence-electron chi connectivity index (χ1n) is 4.55. The Morgan fingerprint density at radius 1 is 1.53 bits per heavy atom. The molecule has 0 bridgehead atoms. The van der Waals surface area contributed by atoms with Crippen LogP contribution in [0.25, 0.3) is 0 Å². The fraction of sp³-hybridized carbons (Fsp3) is 0.300. The van der Waals surface area contributed by atoms with Crippen LogP contribution in [0, 0.1) is 5.82 Å². The van der Waals surface area contributed by atoms with E-state index in [0.29, 0.717) is 18.1 Å². The smallest absolute Gasteiger partial charge is 0.407 e. The molecular weight excluding hydrogens is 221 g/mol. The Hall–Kier alpha value is -1.29. The third-order valence-electron chi connectivity index (χ3n) is 2.27. The van der Waals surface area contributed by atoms with Crippen molar-refractivity contribution in [2.45, 2.75) is 12.5 Å². The molecule has 0 saturated carbocycles. The highest BCUT2D eigenvalue weighted by molar-refractivity contribution is 6.31. The van der Waals surface area contributed by atoms with Gasteiger partial charge in [0.1, 0.15) is 5.82 Å². The Balaban J connectivity index is 2.24. The molecule has 1 heterocycles. The molecule has 2 rings (SSSR count). The maximum atomic E-state index is 12.8. The molecule has 1 fully saturated rings. The monoisotopic (exact) mass is 229 g/mol. The van der Waals surface area contributed by atoms with Crippen molar-refractivity contribution in [2.24, 2.45) is 0 Å². The first-order chi connectivity index (χ1) is 7.16. The van der Waals surface area contributed by atoms with Crippen molar-refractivity contribution < 1.29 is 13.9 Å². The van der Waals surface area contributed by atoms with Gasteiger partial charge >= 0.3 is 6.09 Å². The van der Waals surface area contributed by atoms with E-state index in [1.54, 1.807) is 6.07 Å². The second kappa shape index (κ2) is 4.06. The first kappa shape index (κ1) is 10.2. The zero-order valence-corrected chi connectivity index (χ0v) is 8.55. The molecule has 3 nitrogen and oxygen atoms in total. The van der Waals surface area contributed by atoms with Gasteiger partial charge in [0, 0.05) is 11.4 Å². The van der Waals surface area contributed by atoms with Gasteiger partial charge in [0.05, 0.1) is 12.6 Å². The summed E-state index contributed by atoms with van der Waals surface area (Å²) in [5, 5.41) is 2.95. The van der Waals surface area contributed by atoms with Crippen LogP contribution in [-0.4, -0.2) is 12.7 Å². The van der Waals surface area contributed by atoms with E-state index in [2.05, 4.69) is 5.32 Å². The second-order valence-corrected chi connectivity index (χ2v) is 3.69. The second-order valence-electron chi connectivity index (χ2n) is 3.29. The van der Waals surface area contributed by atoms with Gasteiger partial charge < -0.3 is 10.1 Å². The van der Waals surface area contributed by atoms with E-state index >= 15 is 0 Å². The number of hydrogen-bond donors (Lipinski definition) is 1. The lowest BCUT2D eigenvalue weighted by molar-refractivity contribution is 0.115. The third-order valence-corrected chi connectivity index (χ3v) is 2.60. The molecule has 0 unspecified atom stereocenters. The van der Waals surface area contributed by atoms with Crippen molar-refractivity contribution in [1.29, 1.82) is 0 Å². The molecule has 5 heteroatoms. The van der Waals surface area contributed by atoms with Crippen molar-refractivity contribution >= 4 is 17.7 Å². The van der Waals surface area contributed by atoms with E-state index in [1.165, 1.54) is 12.1 Å². The van der Waals surface area contributed by atoms with E-state index in [1.807, 2.05) is 0 Å². The topological polar surface area (TPSA) is 38.3 Å². The Morgan fingerprint density at radius 3 is 3.00 bits per heavy atom. The van der Waals surface area contributed by atoms with Gasteiger partial charge in [-0.05, 0) is 17.7 Å². The van der Waals surface area contributed by atoms with Crippen molar-refractivity contribution in [1.82, 2.24) is 5.32 Å². The molecule has 1 aromatic carbocycles. The Morgan fingerprint density at radius 2 is 2.33 bits per heavy atom. The molecule has 0 spiro atoms. The van der Waals surface area contributed by atoms with Crippen LogP contribution in [0.15, 0.2) is 18.2 Å². The number of benzene rings is 1. The molecule has 1 aromatic rings. The molecule has 0 aromatic heterocycles. The minimum atomic E-state index is -0.466. The summed E-state index contributed by atoms with van der Waals surface area (Å²) < 4.78 is 17.5. The standard InChI is InChI=1S/C10H9ClFNO2/c11-8-5-6(12)1-2-7(8)9-3-4-15-10(14)13-9/h1-2,5,9H,3-4H2,(H,13,14)/t9-/m0/s1.